The third kappa shape index (κ3) is 2.53. The maximum atomic E-state index is 12.1. The van der Waals surface area contributed by atoms with Crippen LogP contribution in [0.15, 0.2) is 24.3 Å². The fourth-order valence-corrected chi connectivity index (χ4v) is 1.70. The summed E-state index contributed by atoms with van der Waals surface area (Å²) in [6, 6.07) is 6.13. The highest BCUT2D eigenvalue weighted by Gasteiger charge is 2.11. The molecule has 2 rings (SSSR count). The smallest absolute Gasteiger partial charge is 0.387 e. The third-order valence-corrected chi connectivity index (χ3v) is 2.66. The van der Waals surface area contributed by atoms with Crippen LogP contribution in [-0.4, -0.2) is 16.4 Å². The van der Waals surface area contributed by atoms with Gasteiger partial charge in [-0.25, -0.2) is 0 Å². The molecule has 1 heterocycles. The topological polar surface area (TPSA) is 53.1 Å². The van der Waals surface area contributed by atoms with Gasteiger partial charge in [-0.15, -0.1) is 0 Å². The highest BCUT2D eigenvalue weighted by molar-refractivity contribution is 6.32. The molecule has 0 bridgehead atoms. The van der Waals surface area contributed by atoms with Crippen molar-refractivity contribution in [2.24, 2.45) is 7.05 Å². The van der Waals surface area contributed by atoms with Crippen LogP contribution in [0.3, 0.4) is 0 Å². The van der Waals surface area contributed by atoms with Gasteiger partial charge in [0.2, 0.25) is 0 Å². The second kappa shape index (κ2) is 4.81. The van der Waals surface area contributed by atoms with Crippen LogP contribution in [-0.2, 0) is 7.05 Å². The molecule has 0 unspecified atom stereocenters. The minimum absolute atomic E-state index is 0.0701. The molecule has 4 nitrogen and oxygen atoms in total. The molecule has 0 saturated carbocycles. The molecule has 2 N–H and O–H groups in total. The summed E-state index contributed by atoms with van der Waals surface area (Å²) in [6.07, 6.45) is 0. The zero-order valence-electron chi connectivity index (χ0n) is 9.40. The van der Waals surface area contributed by atoms with Crippen molar-refractivity contribution in [1.82, 2.24) is 9.78 Å². The van der Waals surface area contributed by atoms with Crippen molar-refractivity contribution in [3.63, 3.8) is 0 Å². The number of hydrogen-bond acceptors (Lipinski definition) is 3. The minimum Gasteiger partial charge on any atom is -0.433 e. The second-order valence-electron chi connectivity index (χ2n) is 3.60. The van der Waals surface area contributed by atoms with Crippen molar-refractivity contribution in [2.45, 2.75) is 6.61 Å². The van der Waals surface area contributed by atoms with Gasteiger partial charge in [-0.3, -0.25) is 4.68 Å². The van der Waals surface area contributed by atoms with Crippen molar-refractivity contribution in [3.8, 4) is 17.0 Å². The van der Waals surface area contributed by atoms with E-state index in [-0.39, 0.29) is 10.8 Å². The number of anilines is 1. The summed E-state index contributed by atoms with van der Waals surface area (Å²) in [7, 11) is 1.70. The number of hydrogen-bond donors (Lipinski definition) is 1. The Hall–Kier alpha value is -1.82. The summed E-state index contributed by atoms with van der Waals surface area (Å²) >= 11 is 5.85. The van der Waals surface area contributed by atoms with Crippen molar-refractivity contribution >= 4 is 17.4 Å². The Morgan fingerprint density at radius 3 is 2.61 bits per heavy atom. The molecule has 0 aliphatic carbocycles. The van der Waals surface area contributed by atoms with Gasteiger partial charge in [0.15, 0.2) is 0 Å². The molecule has 1 aromatic carbocycles. The number of nitrogen functional groups attached to an aromatic ring is 1. The van der Waals surface area contributed by atoms with Crippen LogP contribution in [0.4, 0.5) is 14.6 Å². The average molecular weight is 274 g/mol. The molecular weight excluding hydrogens is 264 g/mol. The van der Waals surface area contributed by atoms with E-state index < -0.39 is 6.61 Å². The van der Waals surface area contributed by atoms with Crippen molar-refractivity contribution in [3.05, 3.63) is 29.3 Å². The Morgan fingerprint density at radius 2 is 2.11 bits per heavy atom. The number of aryl methyl sites for hydroxylation is 1. The van der Waals surface area contributed by atoms with Crippen molar-refractivity contribution in [2.75, 3.05) is 5.73 Å². The number of alkyl halides is 2. The van der Waals surface area contributed by atoms with Gasteiger partial charge in [0.05, 0.1) is 10.7 Å². The first-order chi connectivity index (χ1) is 8.47. The van der Waals surface area contributed by atoms with Crippen molar-refractivity contribution in [1.29, 1.82) is 0 Å². The molecule has 0 amide bonds. The predicted octanol–water partition coefficient (Wildman–Crippen LogP) is 2.92. The Balaban J connectivity index is 2.33. The van der Waals surface area contributed by atoms with Crippen LogP contribution in [0.2, 0.25) is 5.02 Å². The predicted molar refractivity (Wildman–Crippen MR) is 64.7 cm³/mol. The Morgan fingerprint density at radius 1 is 1.39 bits per heavy atom. The van der Waals surface area contributed by atoms with E-state index in [0.717, 1.165) is 0 Å². The van der Waals surface area contributed by atoms with E-state index in [9.17, 15) is 8.78 Å². The lowest BCUT2D eigenvalue weighted by molar-refractivity contribution is -0.0497. The molecule has 0 fully saturated rings. The molecule has 0 spiro atoms. The number of aromatic nitrogens is 2. The minimum atomic E-state index is -2.90. The zero-order valence-corrected chi connectivity index (χ0v) is 10.2. The van der Waals surface area contributed by atoms with Gasteiger partial charge in [0, 0.05) is 18.7 Å². The Labute approximate surface area is 107 Å². The highest BCUT2D eigenvalue weighted by atomic mass is 35.5. The summed E-state index contributed by atoms with van der Waals surface area (Å²) in [5, 5.41) is 4.25. The lowest BCUT2D eigenvalue weighted by Gasteiger charge is -2.07. The molecule has 18 heavy (non-hydrogen) atoms. The van der Waals surface area contributed by atoms with Gasteiger partial charge in [-0.05, 0) is 18.2 Å². The zero-order chi connectivity index (χ0) is 13.3. The monoisotopic (exact) mass is 273 g/mol. The normalized spacial score (nSPS) is 10.9. The van der Waals surface area contributed by atoms with Gasteiger partial charge in [0.25, 0.3) is 0 Å². The van der Waals surface area contributed by atoms with E-state index in [1.54, 1.807) is 19.2 Å². The van der Waals surface area contributed by atoms with E-state index in [2.05, 4.69) is 9.84 Å². The summed E-state index contributed by atoms with van der Waals surface area (Å²) in [4.78, 5) is 0. The van der Waals surface area contributed by atoms with Crippen LogP contribution in [0.25, 0.3) is 11.3 Å². The van der Waals surface area contributed by atoms with Gasteiger partial charge >= 0.3 is 6.61 Å². The maximum Gasteiger partial charge on any atom is 0.387 e. The van der Waals surface area contributed by atoms with Crippen molar-refractivity contribution < 1.29 is 13.5 Å². The van der Waals surface area contributed by atoms with Crippen LogP contribution in [0, 0.1) is 0 Å². The number of benzene rings is 1. The average Bonchev–Trinajstić information content (AvgIpc) is 2.62. The van der Waals surface area contributed by atoms with E-state index in [1.807, 2.05) is 0 Å². The maximum absolute atomic E-state index is 12.1. The first-order valence-corrected chi connectivity index (χ1v) is 5.39. The quantitative estimate of drug-likeness (QED) is 0.935. The molecule has 0 atom stereocenters. The standard InChI is InChI=1S/C11H10ClF2N3O/c1-17-10(15)5-8(16-17)6-2-3-9(7(12)4-6)18-11(13)14/h2-5,11H,15H2,1H3. The van der Waals surface area contributed by atoms with Crippen LogP contribution >= 0.6 is 11.6 Å². The molecule has 2 aromatic rings. The van der Waals surface area contributed by atoms with Crippen LogP contribution in [0.5, 0.6) is 5.75 Å². The molecule has 1 aromatic heterocycles. The number of halogens is 3. The summed E-state index contributed by atoms with van der Waals surface area (Å²) in [5.74, 6) is 0.424. The highest BCUT2D eigenvalue weighted by Crippen LogP contribution is 2.31. The lowest BCUT2D eigenvalue weighted by atomic mass is 10.1. The number of nitrogens with zero attached hydrogens (tertiary/aromatic N) is 2. The molecule has 7 heteroatoms. The Bertz CT molecular complexity index is 552. The van der Waals surface area contributed by atoms with Gasteiger partial charge in [0.1, 0.15) is 11.6 Å². The van der Waals surface area contributed by atoms with Gasteiger partial charge in [-0.1, -0.05) is 11.6 Å². The first kappa shape index (κ1) is 12.6. The van der Waals surface area contributed by atoms with E-state index in [1.165, 1.54) is 16.8 Å². The Kier molecular flexibility index (Phi) is 3.38. The third-order valence-electron chi connectivity index (χ3n) is 2.36. The fourth-order valence-electron chi connectivity index (χ4n) is 1.47. The molecule has 0 saturated heterocycles. The molecular formula is C11H10ClF2N3O. The molecule has 0 aliphatic rings. The molecule has 0 radical (unpaired) electrons. The summed E-state index contributed by atoms with van der Waals surface area (Å²) in [5.41, 5.74) is 6.94. The van der Waals surface area contributed by atoms with Gasteiger partial charge in [-0.2, -0.15) is 13.9 Å². The summed E-state index contributed by atoms with van der Waals surface area (Å²) < 4.78 is 29.9. The van der Waals surface area contributed by atoms with E-state index >= 15 is 0 Å². The first-order valence-electron chi connectivity index (χ1n) is 5.01. The number of nitrogens with two attached hydrogens (primary N) is 1. The van der Waals surface area contributed by atoms with Gasteiger partial charge < -0.3 is 10.5 Å². The fraction of sp³-hybridized carbons (Fsp3) is 0.182. The van der Waals surface area contributed by atoms with Crippen LogP contribution < -0.4 is 10.5 Å². The lowest BCUT2D eigenvalue weighted by Crippen LogP contribution is -2.02. The molecule has 96 valence electrons. The number of ether oxygens (including phenoxy) is 1. The van der Waals surface area contributed by atoms with Crippen LogP contribution in [0.1, 0.15) is 0 Å². The van der Waals surface area contributed by atoms with E-state index in [0.29, 0.717) is 17.1 Å². The summed E-state index contributed by atoms with van der Waals surface area (Å²) in [6.45, 7) is -2.90. The second-order valence-corrected chi connectivity index (χ2v) is 4.01. The largest absolute Gasteiger partial charge is 0.433 e. The molecule has 0 aliphatic heterocycles. The number of rotatable bonds is 3. The SMILES string of the molecule is Cn1nc(-c2ccc(OC(F)F)c(Cl)c2)cc1N. The van der Waals surface area contributed by atoms with E-state index in [4.69, 9.17) is 17.3 Å².